The summed E-state index contributed by atoms with van der Waals surface area (Å²) in [4.78, 5) is 40.1. The second-order valence-electron chi connectivity index (χ2n) is 12.5. The minimum atomic E-state index is -0.918. The molecule has 2 bridgehead atoms. The van der Waals surface area contributed by atoms with Crippen LogP contribution in [0.4, 0.5) is 4.79 Å². The molecule has 1 aromatic rings. The first kappa shape index (κ1) is 29.3. The zero-order chi connectivity index (χ0) is 28.4. The topological polar surface area (TPSA) is 120 Å². The Kier molecular flexibility index (Phi) is 8.88. The Hall–Kier alpha value is -2.69. The first-order valence-electron chi connectivity index (χ1n) is 14.2. The number of hydrogen-bond acceptors (Lipinski definition) is 7. The van der Waals surface area contributed by atoms with E-state index in [9.17, 15) is 19.5 Å². The lowest BCUT2D eigenvalue weighted by Gasteiger charge is -2.44. The van der Waals surface area contributed by atoms with Crippen LogP contribution >= 0.6 is 0 Å². The monoisotopic (exact) mass is 544 g/mol. The first-order chi connectivity index (χ1) is 18.4. The normalized spacial score (nSPS) is 23.8. The Morgan fingerprint density at radius 3 is 2.41 bits per heavy atom. The summed E-state index contributed by atoms with van der Waals surface area (Å²) in [5, 5.41) is 14.6. The summed E-state index contributed by atoms with van der Waals surface area (Å²) >= 11 is 0. The Bertz CT molecular complexity index is 1020. The van der Waals surface area contributed by atoms with E-state index in [1.54, 1.807) is 5.01 Å². The second-order valence-corrected chi connectivity index (χ2v) is 12.5. The molecule has 4 atom stereocenters. The summed E-state index contributed by atoms with van der Waals surface area (Å²) in [6, 6.07) is 10.1. The average Bonchev–Trinajstić information content (AvgIpc) is 3.35. The van der Waals surface area contributed by atoms with Gasteiger partial charge in [0.15, 0.2) is 12.6 Å². The fraction of sp³-hybridized carbons (Fsp3) is 0.690. The maximum absolute atomic E-state index is 13.8. The fourth-order valence-electron chi connectivity index (χ4n) is 5.94. The van der Waals surface area contributed by atoms with Gasteiger partial charge in [0, 0.05) is 13.1 Å². The highest BCUT2D eigenvalue weighted by atomic mass is 16.6. The molecule has 4 aliphatic heterocycles. The van der Waals surface area contributed by atoms with Crippen LogP contribution in [-0.2, 0) is 25.5 Å². The van der Waals surface area contributed by atoms with Crippen LogP contribution in [-0.4, -0.2) is 69.8 Å². The van der Waals surface area contributed by atoms with Gasteiger partial charge in [-0.3, -0.25) is 20.3 Å². The van der Waals surface area contributed by atoms with Crippen LogP contribution in [0.2, 0.25) is 0 Å². The van der Waals surface area contributed by atoms with E-state index >= 15 is 0 Å². The van der Waals surface area contributed by atoms with Crippen molar-refractivity contribution in [3.8, 4) is 0 Å². The molecule has 3 N–H and O–H groups in total. The minimum Gasteiger partial charge on any atom is -0.465 e. The highest BCUT2D eigenvalue weighted by Crippen LogP contribution is 2.43. The number of nitrogens with zero attached hydrogens (tertiary/aromatic N) is 2. The van der Waals surface area contributed by atoms with Crippen LogP contribution in [0.5, 0.6) is 0 Å². The average molecular weight is 545 g/mol. The van der Waals surface area contributed by atoms with Crippen LogP contribution in [0.1, 0.15) is 72.3 Å². The smallest absolute Gasteiger partial charge is 0.407 e. The summed E-state index contributed by atoms with van der Waals surface area (Å²) in [5.74, 6) is -1.47. The predicted molar refractivity (Wildman–Crippen MR) is 145 cm³/mol. The van der Waals surface area contributed by atoms with E-state index < -0.39 is 35.4 Å². The van der Waals surface area contributed by atoms with Crippen molar-refractivity contribution in [1.82, 2.24) is 20.7 Å². The molecule has 4 fully saturated rings. The van der Waals surface area contributed by atoms with Gasteiger partial charge in [0.1, 0.15) is 5.60 Å². The number of amides is 2. The molecule has 2 amide bonds. The zero-order valence-electron chi connectivity index (χ0n) is 23.8. The van der Waals surface area contributed by atoms with E-state index in [1.807, 2.05) is 39.0 Å². The Labute approximate surface area is 231 Å². The number of rotatable bonds is 10. The molecule has 10 nitrogen and oxygen atoms in total. The third-order valence-electron chi connectivity index (χ3n) is 7.89. The van der Waals surface area contributed by atoms with Gasteiger partial charge in [-0.05, 0) is 70.8 Å². The Balaban J connectivity index is 1.46. The zero-order valence-corrected chi connectivity index (χ0v) is 23.8. The highest BCUT2D eigenvalue weighted by molar-refractivity contribution is 5.85. The third kappa shape index (κ3) is 6.91. The van der Waals surface area contributed by atoms with E-state index in [0.717, 1.165) is 12.8 Å². The van der Waals surface area contributed by atoms with Crippen molar-refractivity contribution in [3.05, 3.63) is 35.9 Å². The molecule has 1 aromatic carbocycles. The predicted octanol–water partition coefficient (Wildman–Crippen LogP) is 3.72. The lowest BCUT2D eigenvalue weighted by Crippen LogP contribution is -2.65. The highest BCUT2D eigenvalue weighted by Gasteiger charge is 2.63. The molecule has 0 aromatic heterocycles. The van der Waals surface area contributed by atoms with Gasteiger partial charge in [-0.1, -0.05) is 44.2 Å². The number of ether oxygens (including phenoxy) is 2. The molecule has 1 unspecified atom stereocenters. The van der Waals surface area contributed by atoms with Gasteiger partial charge in [-0.15, -0.1) is 5.01 Å². The number of carbonyl (C=O) groups is 3. The number of piperidine rings is 1. The molecule has 5 rings (SSSR count). The summed E-state index contributed by atoms with van der Waals surface area (Å²) < 4.78 is 11.8. The van der Waals surface area contributed by atoms with Gasteiger partial charge < -0.3 is 19.5 Å². The van der Waals surface area contributed by atoms with Crippen molar-refractivity contribution >= 4 is 18.0 Å². The van der Waals surface area contributed by atoms with E-state index in [-0.39, 0.29) is 24.0 Å². The van der Waals surface area contributed by atoms with Crippen molar-refractivity contribution in [1.29, 1.82) is 0 Å². The number of aryl methyl sites for hydroxylation is 1. The number of carbonyl (C=O) groups excluding carboxylic acids is 2. The van der Waals surface area contributed by atoms with Crippen LogP contribution in [0.3, 0.4) is 0 Å². The van der Waals surface area contributed by atoms with Crippen LogP contribution in [0, 0.1) is 17.8 Å². The van der Waals surface area contributed by atoms with E-state index in [4.69, 9.17) is 9.47 Å². The molecule has 216 valence electrons. The number of likely N-dealkylation sites (tertiary alicyclic amines) is 1. The fourth-order valence-corrected chi connectivity index (χ4v) is 5.94. The van der Waals surface area contributed by atoms with Crippen molar-refractivity contribution in [2.45, 2.75) is 96.9 Å². The molecule has 0 radical (unpaired) electrons. The van der Waals surface area contributed by atoms with Crippen molar-refractivity contribution < 1.29 is 29.0 Å². The summed E-state index contributed by atoms with van der Waals surface area (Å²) in [6.45, 7) is 10.5. The number of benzene rings is 1. The van der Waals surface area contributed by atoms with E-state index in [2.05, 4.69) is 36.7 Å². The molecule has 1 spiro atoms. The van der Waals surface area contributed by atoms with Gasteiger partial charge in [0.25, 0.3) is 0 Å². The first-order valence-corrected chi connectivity index (χ1v) is 14.2. The van der Waals surface area contributed by atoms with Crippen molar-refractivity contribution in [2.75, 3.05) is 13.1 Å². The molecular formula is C29H44N4O6. The number of esters is 1. The molecule has 4 heterocycles. The molecular weight excluding hydrogens is 500 g/mol. The Morgan fingerprint density at radius 2 is 1.82 bits per heavy atom. The second kappa shape index (κ2) is 11.8. The van der Waals surface area contributed by atoms with Gasteiger partial charge in [-0.25, -0.2) is 4.79 Å². The van der Waals surface area contributed by atoms with E-state index in [0.29, 0.717) is 38.8 Å². The SMILES string of the molecule is CC(C)C[C@@H](C(=O)NN1C2O[C@H]1NC21CCN(C(=O)O)CC1)[C@H](CCCc1ccccc1)C(=O)OC(C)(C)C. The summed E-state index contributed by atoms with van der Waals surface area (Å²) in [6.07, 6.45) is 2.12. The number of hydrogen-bond donors (Lipinski definition) is 3. The number of hydrazine groups is 1. The van der Waals surface area contributed by atoms with Gasteiger partial charge in [0.2, 0.25) is 5.91 Å². The van der Waals surface area contributed by atoms with Gasteiger partial charge in [-0.2, -0.15) is 0 Å². The van der Waals surface area contributed by atoms with Crippen LogP contribution in [0.15, 0.2) is 30.3 Å². The quantitative estimate of drug-likeness (QED) is 0.381. The summed E-state index contributed by atoms with van der Waals surface area (Å²) in [7, 11) is 0. The van der Waals surface area contributed by atoms with Crippen LogP contribution in [0.25, 0.3) is 0 Å². The summed E-state index contributed by atoms with van der Waals surface area (Å²) in [5.41, 5.74) is 3.21. The minimum absolute atomic E-state index is 0.203. The Morgan fingerprint density at radius 1 is 1.15 bits per heavy atom. The molecule has 10 heteroatoms. The lowest BCUT2D eigenvalue weighted by molar-refractivity contribution is -0.272. The molecule has 0 aliphatic carbocycles. The van der Waals surface area contributed by atoms with E-state index in [1.165, 1.54) is 10.5 Å². The van der Waals surface area contributed by atoms with Crippen molar-refractivity contribution in [3.63, 3.8) is 0 Å². The molecule has 4 saturated heterocycles. The molecule has 4 aliphatic rings. The number of nitrogens with one attached hydrogen (secondary N) is 2. The maximum Gasteiger partial charge on any atom is 0.407 e. The standard InChI is InChI=1S/C29H44N4O6/c1-19(2)18-22(21(24(35)39-28(3,4)5)13-9-12-20-10-7-6-8-11-20)23(34)31-33-25-29(30-26(33)38-25)14-16-32(17-15-29)27(36)37/h6-8,10-11,19,21-22,25-26,30H,9,12-18H2,1-5H3,(H,31,34)(H,36,37)/t21-,22+,25?,26-/m0/s1. The number of carboxylic acid groups (broad SMARTS) is 1. The van der Waals surface area contributed by atoms with Crippen LogP contribution < -0.4 is 10.7 Å². The van der Waals surface area contributed by atoms with Gasteiger partial charge in [0.05, 0.1) is 17.4 Å². The molecule has 0 saturated carbocycles. The maximum atomic E-state index is 13.8. The van der Waals surface area contributed by atoms with Crippen molar-refractivity contribution in [2.24, 2.45) is 17.8 Å². The largest absolute Gasteiger partial charge is 0.465 e. The van der Waals surface area contributed by atoms with Gasteiger partial charge >= 0.3 is 12.1 Å². The third-order valence-corrected chi connectivity index (χ3v) is 7.89. The lowest BCUT2D eigenvalue weighted by atomic mass is 9.81. The molecule has 39 heavy (non-hydrogen) atoms.